The molecular weight excluding hydrogens is 397 g/mol. The Kier molecular flexibility index (Phi) is 4.78. The SMILES string of the molecule is C[C@@]1(c2ccc3c(c2)CCC3)NC(=O)N(CC(=O)Nc2ccc(Cl)cc2F)C1=O. The number of amides is 4. The van der Waals surface area contributed by atoms with E-state index in [1.807, 2.05) is 18.2 Å². The molecule has 0 radical (unpaired) electrons. The van der Waals surface area contributed by atoms with Crippen molar-refractivity contribution in [3.05, 3.63) is 63.9 Å². The van der Waals surface area contributed by atoms with Crippen LogP contribution in [0.1, 0.15) is 30.0 Å². The second kappa shape index (κ2) is 7.15. The molecule has 2 N–H and O–H groups in total. The Morgan fingerprint density at radius 2 is 1.97 bits per heavy atom. The van der Waals surface area contributed by atoms with Crippen molar-refractivity contribution >= 4 is 35.1 Å². The Hall–Kier alpha value is -2.93. The molecule has 1 atom stereocenters. The predicted molar refractivity (Wildman–Crippen MR) is 106 cm³/mol. The summed E-state index contributed by atoms with van der Waals surface area (Å²) in [5.74, 6) is -1.91. The van der Waals surface area contributed by atoms with Gasteiger partial charge < -0.3 is 10.6 Å². The maximum atomic E-state index is 13.9. The van der Waals surface area contributed by atoms with E-state index >= 15 is 0 Å². The van der Waals surface area contributed by atoms with Crippen LogP contribution in [0.5, 0.6) is 0 Å². The highest BCUT2D eigenvalue weighted by molar-refractivity contribution is 6.30. The summed E-state index contributed by atoms with van der Waals surface area (Å²) in [4.78, 5) is 38.6. The normalized spacial score (nSPS) is 20.6. The predicted octanol–water partition coefficient (Wildman–Crippen LogP) is 3.37. The topological polar surface area (TPSA) is 78.5 Å². The van der Waals surface area contributed by atoms with Crippen molar-refractivity contribution in [2.24, 2.45) is 0 Å². The molecule has 6 nitrogen and oxygen atoms in total. The zero-order chi connectivity index (χ0) is 20.8. The number of hydrogen-bond acceptors (Lipinski definition) is 3. The van der Waals surface area contributed by atoms with E-state index in [4.69, 9.17) is 11.6 Å². The molecule has 0 saturated carbocycles. The summed E-state index contributed by atoms with van der Waals surface area (Å²) in [5, 5.41) is 5.25. The van der Waals surface area contributed by atoms with Gasteiger partial charge in [-0.15, -0.1) is 0 Å². The summed E-state index contributed by atoms with van der Waals surface area (Å²) in [6.07, 6.45) is 3.03. The number of hydrogen-bond donors (Lipinski definition) is 2. The highest BCUT2D eigenvalue weighted by atomic mass is 35.5. The zero-order valence-electron chi connectivity index (χ0n) is 15.7. The van der Waals surface area contributed by atoms with Gasteiger partial charge in [0.05, 0.1) is 5.69 Å². The number of benzene rings is 2. The standard InChI is InChI=1S/C21H19ClFN3O3/c1-21(14-6-5-12-3-2-4-13(12)9-14)19(28)26(20(29)25-21)11-18(27)24-17-8-7-15(22)10-16(17)23/h5-10H,2-4,11H2,1H3,(H,24,27)(H,25,29)/t21-/m0/s1. The van der Waals surface area contributed by atoms with Gasteiger partial charge in [-0.3, -0.25) is 14.5 Å². The number of carbonyl (C=O) groups is 3. The van der Waals surface area contributed by atoms with Crippen LogP contribution in [0, 0.1) is 5.82 Å². The molecule has 0 spiro atoms. The first-order valence-corrected chi connectivity index (χ1v) is 9.67. The quantitative estimate of drug-likeness (QED) is 0.751. The number of aryl methyl sites for hydroxylation is 2. The second-order valence-electron chi connectivity index (χ2n) is 7.46. The Labute approximate surface area is 172 Å². The summed E-state index contributed by atoms with van der Waals surface area (Å²) < 4.78 is 13.9. The molecule has 2 aliphatic rings. The Morgan fingerprint density at radius 3 is 2.72 bits per heavy atom. The van der Waals surface area contributed by atoms with Crippen molar-refractivity contribution in [2.45, 2.75) is 31.7 Å². The van der Waals surface area contributed by atoms with Crippen LogP contribution in [0.4, 0.5) is 14.9 Å². The lowest BCUT2D eigenvalue weighted by atomic mass is 9.89. The molecule has 0 aromatic heterocycles. The molecule has 150 valence electrons. The fraction of sp³-hybridized carbons (Fsp3) is 0.286. The molecular formula is C21H19ClFN3O3. The van der Waals surface area contributed by atoms with E-state index in [1.54, 1.807) is 6.92 Å². The summed E-state index contributed by atoms with van der Waals surface area (Å²) in [5.41, 5.74) is 1.80. The monoisotopic (exact) mass is 415 g/mol. The van der Waals surface area contributed by atoms with Gasteiger partial charge in [0.2, 0.25) is 5.91 Å². The van der Waals surface area contributed by atoms with Crippen molar-refractivity contribution in [1.82, 2.24) is 10.2 Å². The van der Waals surface area contributed by atoms with E-state index in [2.05, 4.69) is 10.6 Å². The number of imide groups is 1. The molecule has 2 aromatic rings. The van der Waals surface area contributed by atoms with Gasteiger partial charge >= 0.3 is 6.03 Å². The van der Waals surface area contributed by atoms with E-state index in [9.17, 15) is 18.8 Å². The minimum absolute atomic E-state index is 0.0761. The zero-order valence-corrected chi connectivity index (χ0v) is 16.5. The van der Waals surface area contributed by atoms with Crippen LogP contribution in [0.3, 0.4) is 0 Å². The first-order chi connectivity index (χ1) is 13.8. The van der Waals surface area contributed by atoms with Crippen molar-refractivity contribution in [1.29, 1.82) is 0 Å². The molecule has 29 heavy (non-hydrogen) atoms. The third kappa shape index (κ3) is 3.46. The third-order valence-corrected chi connectivity index (χ3v) is 5.69. The molecule has 1 fully saturated rings. The molecule has 2 aromatic carbocycles. The number of rotatable bonds is 4. The lowest BCUT2D eigenvalue weighted by Gasteiger charge is -2.23. The highest BCUT2D eigenvalue weighted by Crippen LogP contribution is 2.32. The number of nitrogens with zero attached hydrogens (tertiary/aromatic N) is 1. The Bertz CT molecular complexity index is 1040. The van der Waals surface area contributed by atoms with Crippen molar-refractivity contribution < 1.29 is 18.8 Å². The van der Waals surface area contributed by atoms with Gasteiger partial charge in [0, 0.05) is 5.02 Å². The maximum absolute atomic E-state index is 13.9. The molecule has 1 saturated heterocycles. The van der Waals surface area contributed by atoms with Crippen LogP contribution in [0.15, 0.2) is 36.4 Å². The summed E-state index contributed by atoms with van der Waals surface area (Å²) in [6, 6.07) is 8.93. The van der Waals surface area contributed by atoms with Gasteiger partial charge in [0.1, 0.15) is 17.9 Å². The van der Waals surface area contributed by atoms with E-state index in [-0.39, 0.29) is 10.7 Å². The smallest absolute Gasteiger partial charge is 0.322 e. The lowest BCUT2D eigenvalue weighted by molar-refractivity contribution is -0.133. The van der Waals surface area contributed by atoms with Crippen molar-refractivity contribution in [3.8, 4) is 0 Å². The fourth-order valence-corrected chi connectivity index (χ4v) is 4.00. The van der Waals surface area contributed by atoms with Crippen LogP contribution in [0.2, 0.25) is 5.02 Å². The highest BCUT2D eigenvalue weighted by Gasteiger charge is 2.49. The van der Waals surface area contributed by atoms with Gasteiger partial charge in [-0.2, -0.15) is 0 Å². The Morgan fingerprint density at radius 1 is 1.21 bits per heavy atom. The van der Waals surface area contributed by atoms with E-state index < -0.39 is 35.7 Å². The number of anilines is 1. The largest absolute Gasteiger partial charge is 0.325 e. The summed E-state index contributed by atoms with van der Waals surface area (Å²) in [6.45, 7) is 1.11. The maximum Gasteiger partial charge on any atom is 0.325 e. The first kappa shape index (κ1) is 19.4. The average molecular weight is 416 g/mol. The van der Waals surface area contributed by atoms with Gasteiger partial charge in [-0.05, 0) is 61.1 Å². The van der Waals surface area contributed by atoms with E-state index in [0.29, 0.717) is 5.56 Å². The number of nitrogens with one attached hydrogen (secondary N) is 2. The molecule has 0 unspecified atom stereocenters. The molecule has 4 amide bonds. The minimum atomic E-state index is -1.25. The molecule has 1 aliphatic carbocycles. The number of urea groups is 1. The summed E-state index contributed by atoms with van der Waals surface area (Å²) in [7, 11) is 0. The molecule has 0 bridgehead atoms. The van der Waals surface area contributed by atoms with E-state index in [0.717, 1.165) is 30.2 Å². The van der Waals surface area contributed by atoms with Crippen LogP contribution in [-0.4, -0.2) is 29.3 Å². The van der Waals surface area contributed by atoms with Gasteiger partial charge in [0.25, 0.3) is 5.91 Å². The second-order valence-corrected chi connectivity index (χ2v) is 7.89. The lowest BCUT2D eigenvalue weighted by Crippen LogP contribution is -2.42. The summed E-state index contributed by atoms with van der Waals surface area (Å²) >= 11 is 5.70. The van der Waals surface area contributed by atoms with Gasteiger partial charge in [-0.1, -0.05) is 29.8 Å². The van der Waals surface area contributed by atoms with Gasteiger partial charge in [-0.25, -0.2) is 9.18 Å². The van der Waals surface area contributed by atoms with E-state index in [1.165, 1.54) is 23.3 Å². The van der Waals surface area contributed by atoms with Gasteiger partial charge in [0.15, 0.2) is 0 Å². The van der Waals surface area contributed by atoms with Crippen LogP contribution < -0.4 is 10.6 Å². The average Bonchev–Trinajstić information content (AvgIpc) is 3.22. The van der Waals surface area contributed by atoms with Crippen LogP contribution >= 0.6 is 11.6 Å². The number of halogens is 2. The first-order valence-electron chi connectivity index (χ1n) is 9.29. The van der Waals surface area contributed by atoms with Crippen LogP contribution in [-0.2, 0) is 28.0 Å². The fourth-order valence-electron chi connectivity index (χ4n) is 3.84. The number of fused-ring (bicyclic) bond motifs is 1. The molecule has 4 rings (SSSR count). The Balaban J connectivity index is 1.51. The molecule has 8 heteroatoms. The molecule has 1 aliphatic heterocycles. The van der Waals surface area contributed by atoms with Crippen LogP contribution in [0.25, 0.3) is 0 Å². The van der Waals surface area contributed by atoms with Crippen molar-refractivity contribution in [2.75, 3.05) is 11.9 Å². The van der Waals surface area contributed by atoms with Crippen molar-refractivity contribution in [3.63, 3.8) is 0 Å². The third-order valence-electron chi connectivity index (χ3n) is 5.46. The molecule has 1 heterocycles. The number of carbonyl (C=O) groups excluding carboxylic acids is 3. The minimum Gasteiger partial charge on any atom is -0.322 e.